The molecule has 3 aromatic carbocycles. The van der Waals surface area contributed by atoms with Crippen molar-refractivity contribution in [3.05, 3.63) is 94.0 Å². The first kappa shape index (κ1) is 42.5. The smallest absolute Gasteiger partial charge is 0.437 e. The molecular formula is C40H51ClN4O8. The van der Waals surface area contributed by atoms with Crippen LogP contribution in [-0.2, 0) is 32.6 Å². The van der Waals surface area contributed by atoms with E-state index in [1.165, 1.54) is 35.9 Å². The maximum absolute atomic E-state index is 13.2. The summed E-state index contributed by atoms with van der Waals surface area (Å²) < 4.78 is 16.0. The van der Waals surface area contributed by atoms with Crippen LogP contribution in [0.2, 0.25) is 5.02 Å². The Morgan fingerprint density at radius 2 is 1.51 bits per heavy atom. The largest absolute Gasteiger partial charge is 0.444 e. The van der Waals surface area contributed by atoms with Crippen LogP contribution in [0.15, 0.2) is 71.7 Å². The number of aliphatic hydroxyl groups excluding tert-OH is 1. The van der Waals surface area contributed by atoms with E-state index in [0.29, 0.717) is 29.2 Å². The van der Waals surface area contributed by atoms with Gasteiger partial charge in [-0.1, -0.05) is 62.7 Å². The van der Waals surface area contributed by atoms with Gasteiger partial charge in [-0.2, -0.15) is 0 Å². The number of guanidine groups is 1. The minimum absolute atomic E-state index is 0.0313. The summed E-state index contributed by atoms with van der Waals surface area (Å²) >= 11 is 6.54. The number of hydrogen-bond donors (Lipinski definition) is 3. The second-order valence-corrected chi connectivity index (χ2v) is 15.8. The maximum Gasteiger partial charge on any atom is 0.437 e. The van der Waals surface area contributed by atoms with E-state index >= 15 is 0 Å². The first-order valence-electron chi connectivity index (χ1n) is 17.3. The van der Waals surface area contributed by atoms with Crippen LogP contribution >= 0.6 is 11.6 Å². The molecule has 0 bridgehead atoms. The molecule has 286 valence electrons. The van der Waals surface area contributed by atoms with Crippen molar-refractivity contribution in [3.63, 3.8) is 0 Å². The topological polar surface area (TPSA) is 156 Å². The molecule has 0 atom stereocenters. The molecule has 3 aromatic rings. The van der Waals surface area contributed by atoms with Gasteiger partial charge in [0.25, 0.3) is 0 Å². The van der Waals surface area contributed by atoms with Gasteiger partial charge >= 0.3 is 18.2 Å². The van der Waals surface area contributed by atoms with E-state index in [4.69, 9.17) is 25.8 Å². The molecular weight excluding hydrogens is 700 g/mol. The molecule has 3 rings (SSSR count). The van der Waals surface area contributed by atoms with Crippen molar-refractivity contribution in [2.24, 2.45) is 4.99 Å². The standard InChI is InChI=1S/C40H51ClN4O8/c1-38(2,3)29-12-10-11-26(23-29)25-45(21-22-46)33(47)20-16-27-15-19-31(24-32(27)41)51-34(48)28-13-17-30(18-14-28)42-35(43-36(49)52-39(4,5)6)44-37(50)53-40(7,8)9/h10-15,17-19,23-24,46H,16,20-22,25H2,1-9H3,(H2,42,43,44,49,50). The molecule has 0 saturated heterocycles. The number of benzene rings is 3. The lowest BCUT2D eigenvalue weighted by Gasteiger charge is -2.24. The number of nitrogens with one attached hydrogen (secondary N) is 2. The predicted molar refractivity (Wildman–Crippen MR) is 205 cm³/mol. The summed E-state index contributed by atoms with van der Waals surface area (Å²) in [5.74, 6) is -0.799. The Labute approximate surface area is 316 Å². The molecule has 53 heavy (non-hydrogen) atoms. The number of aliphatic imine (C=N–C) groups is 1. The average molecular weight is 751 g/mol. The van der Waals surface area contributed by atoms with Crippen LogP contribution in [-0.4, -0.2) is 64.4 Å². The summed E-state index contributed by atoms with van der Waals surface area (Å²) in [5, 5.41) is 15.2. The Bertz CT molecular complexity index is 1790. The third-order valence-electron chi connectivity index (χ3n) is 7.33. The van der Waals surface area contributed by atoms with E-state index in [1.54, 1.807) is 58.6 Å². The van der Waals surface area contributed by atoms with Crippen LogP contribution < -0.4 is 15.4 Å². The SMILES string of the molecule is CC(C)(C)OC(=O)/N=C(/NC(=O)OC(C)(C)C)Nc1ccc(C(=O)Oc2ccc(CCC(=O)N(CCO)Cc3cccc(C(C)(C)C)c3)c(Cl)c2)cc1. The molecule has 13 heteroatoms. The molecule has 12 nitrogen and oxygen atoms in total. The molecule has 0 aliphatic carbocycles. The molecule has 0 aromatic heterocycles. The van der Waals surface area contributed by atoms with Crippen molar-refractivity contribution in [3.8, 4) is 5.75 Å². The number of nitrogens with zero attached hydrogens (tertiary/aromatic N) is 2. The van der Waals surface area contributed by atoms with E-state index < -0.39 is 29.4 Å². The van der Waals surface area contributed by atoms with Crippen LogP contribution in [0, 0.1) is 0 Å². The van der Waals surface area contributed by atoms with Crippen LogP contribution in [0.1, 0.15) is 95.8 Å². The van der Waals surface area contributed by atoms with Crippen molar-refractivity contribution in [1.82, 2.24) is 10.2 Å². The van der Waals surface area contributed by atoms with Crippen molar-refractivity contribution >= 4 is 47.3 Å². The van der Waals surface area contributed by atoms with Crippen LogP contribution in [0.4, 0.5) is 15.3 Å². The number of aliphatic hydroxyl groups is 1. The minimum atomic E-state index is -0.936. The highest BCUT2D eigenvalue weighted by molar-refractivity contribution is 6.31. The van der Waals surface area contributed by atoms with Crippen molar-refractivity contribution in [2.75, 3.05) is 18.5 Å². The predicted octanol–water partition coefficient (Wildman–Crippen LogP) is 8.04. The quantitative estimate of drug-likeness (QED) is 0.0808. The fourth-order valence-corrected chi connectivity index (χ4v) is 5.08. The lowest BCUT2D eigenvalue weighted by Crippen LogP contribution is -2.40. The zero-order chi connectivity index (χ0) is 39.6. The molecule has 0 unspecified atom stereocenters. The number of anilines is 1. The number of amides is 3. The van der Waals surface area contributed by atoms with Crippen molar-refractivity contribution in [1.29, 1.82) is 0 Å². The summed E-state index contributed by atoms with van der Waals surface area (Å²) in [6.07, 6.45) is -1.25. The Hall–Kier alpha value is -4.94. The molecule has 0 heterocycles. The molecule has 0 saturated carbocycles. The van der Waals surface area contributed by atoms with E-state index in [-0.39, 0.29) is 48.2 Å². The number of aryl methyl sites for hydroxylation is 1. The van der Waals surface area contributed by atoms with Gasteiger partial charge in [0.05, 0.1) is 12.2 Å². The molecule has 0 fully saturated rings. The Morgan fingerprint density at radius 1 is 0.849 bits per heavy atom. The molecule has 0 spiro atoms. The van der Waals surface area contributed by atoms with Gasteiger partial charge in [0.1, 0.15) is 17.0 Å². The third kappa shape index (κ3) is 14.9. The lowest BCUT2D eigenvalue weighted by molar-refractivity contribution is -0.132. The number of hydrogen-bond acceptors (Lipinski definition) is 8. The highest BCUT2D eigenvalue weighted by Gasteiger charge is 2.22. The van der Waals surface area contributed by atoms with Gasteiger partial charge in [0.2, 0.25) is 11.9 Å². The van der Waals surface area contributed by atoms with Gasteiger partial charge in [-0.25, -0.2) is 14.4 Å². The van der Waals surface area contributed by atoms with Gasteiger partial charge in [-0.3, -0.25) is 10.1 Å². The molecule has 0 aliphatic rings. The van der Waals surface area contributed by atoms with Gasteiger partial charge in [-0.05, 0) is 106 Å². The summed E-state index contributed by atoms with van der Waals surface area (Å²) in [6, 6.07) is 19.0. The fourth-order valence-electron chi connectivity index (χ4n) is 4.82. The van der Waals surface area contributed by atoms with Crippen LogP contribution in [0.3, 0.4) is 0 Å². The molecule has 0 radical (unpaired) electrons. The second kappa shape index (κ2) is 18.2. The summed E-state index contributed by atoms with van der Waals surface area (Å²) in [6.45, 7) is 17.0. The number of alkyl carbamates (subject to hydrolysis) is 1. The highest BCUT2D eigenvalue weighted by atomic mass is 35.5. The third-order valence-corrected chi connectivity index (χ3v) is 7.68. The van der Waals surface area contributed by atoms with Gasteiger partial charge in [0, 0.05) is 30.2 Å². The normalized spacial score (nSPS) is 12.1. The Kier molecular flexibility index (Phi) is 14.6. The number of rotatable bonds is 10. The second-order valence-electron chi connectivity index (χ2n) is 15.4. The maximum atomic E-state index is 13.2. The average Bonchev–Trinajstić information content (AvgIpc) is 3.02. The summed E-state index contributed by atoms with van der Waals surface area (Å²) in [4.78, 5) is 56.4. The summed E-state index contributed by atoms with van der Waals surface area (Å²) in [5.41, 5.74) is 1.82. The van der Waals surface area contributed by atoms with E-state index in [0.717, 1.165) is 5.56 Å². The molecule has 3 N–H and O–H groups in total. The number of halogens is 1. The Balaban J connectivity index is 1.63. The zero-order valence-electron chi connectivity index (χ0n) is 32.0. The van der Waals surface area contributed by atoms with Crippen LogP contribution in [0.5, 0.6) is 5.75 Å². The first-order valence-corrected chi connectivity index (χ1v) is 17.7. The molecule has 3 amide bonds. The number of carbonyl (C=O) groups is 4. The minimum Gasteiger partial charge on any atom is -0.444 e. The fraction of sp³-hybridized carbons (Fsp3) is 0.425. The highest BCUT2D eigenvalue weighted by Crippen LogP contribution is 2.26. The van der Waals surface area contributed by atoms with Crippen molar-refractivity contribution in [2.45, 2.75) is 98.3 Å². The number of esters is 1. The van der Waals surface area contributed by atoms with Gasteiger partial charge in [0.15, 0.2) is 0 Å². The van der Waals surface area contributed by atoms with Gasteiger partial charge < -0.3 is 29.5 Å². The van der Waals surface area contributed by atoms with E-state index in [9.17, 15) is 24.3 Å². The van der Waals surface area contributed by atoms with E-state index in [1.807, 2.05) is 12.1 Å². The number of ether oxygens (including phenoxy) is 3. The first-order chi connectivity index (χ1) is 24.6. The van der Waals surface area contributed by atoms with Gasteiger partial charge in [-0.15, -0.1) is 4.99 Å². The molecule has 0 aliphatic heterocycles. The number of carbonyl (C=O) groups excluding carboxylic acids is 4. The van der Waals surface area contributed by atoms with Crippen molar-refractivity contribution < 1.29 is 38.5 Å². The van der Waals surface area contributed by atoms with Crippen LogP contribution in [0.25, 0.3) is 0 Å². The lowest BCUT2D eigenvalue weighted by atomic mass is 9.86. The zero-order valence-corrected chi connectivity index (χ0v) is 32.7. The summed E-state index contributed by atoms with van der Waals surface area (Å²) in [7, 11) is 0. The monoisotopic (exact) mass is 750 g/mol. The van der Waals surface area contributed by atoms with E-state index in [2.05, 4.69) is 48.5 Å². The Morgan fingerprint density at radius 3 is 2.09 bits per heavy atom.